The third-order valence-corrected chi connectivity index (χ3v) is 4.43. The van der Waals surface area contributed by atoms with Gasteiger partial charge in [0.1, 0.15) is 23.7 Å². The van der Waals surface area contributed by atoms with Gasteiger partial charge < -0.3 is 9.84 Å². The fraction of sp³-hybridized carbons (Fsp3) is 0.381. The van der Waals surface area contributed by atoms with E-state index in [4.69, 9.17) is 4.74 Å². The molecule has 2 rings (SSSR count). The van der Waals surface area contributed by atoms with Crippen LogP contribution in [0.5, 0.6) is 0 Å². The van der Waals surface area contributed by atoms with Crippen molar-refractivity contribution in [2.75, 3.05) is 0 Å². The van der Waals surface area contributed by atoms with Crippen LogP contribution in [0, 0.1) is 11.3 Å². The van der Waals surface area contributed by atoms with Gasteiger partial charge in [-0.25, -0.2) is 0 Å². The number of rotatable bonds is 6. The zero-order valence-electron chi connectivity index (χ0n) is 15.3. The lowest BCUT2D eigenvalue weighted by Crippen LogP contribution is -2.42. The highest BCUT2D eigenvalue weighted by Gasteiger charge is 2.43. The highest BCUT2D eigenvalue weighted by molar-refractivity contribution is 6.12. The molecule has 1 aliphatic carbocycles. The smallest absolute Gasteiger partial charge is 0.202 e. The molecular weight excluding hydrogens is 330 g/mol. The minimum absolute atomic E-state index is 0.0524. The lowest BCUT2D eigenvalue weighted by molar-refractivity contribution is -0.128. The molecular formula is C21H23NO4. The Kier molecular flexibility index (Phi) is 6.12. The number of ketones is 2. The van der Waals surface area contributed by atoms with E-state index in [-0.39, 0.29) is 28.9 Å². The number of hydrogen-bond donors (Lipinski definition) is 1. The fourth-order valence-corrected chi connectivity index (χ4v) is 2.95. The Hall–Kier alpha value is -2.71. The Morgan fingerprint density at radius 1 is 1.38 bits per heavy atom. The van der Waals surface area contributed by atoms with Crippen molar-refractivity contribution in [2.24, 2.45) is 0 Å². The summed E-state index contributed by atoms with van der Waals surface area (Å²) in [7, 11) is 0. The second-order valence-electron chi connectivity index (χ2n) is 6.48. The van der Waals surface area contributed by atoms with Gasteiger partial charge in [0.15, 0.2) is 11.4 Å². The molecule has 0 spiro atoms. The van der Waals surface area contributed by atoms with Crippen molar-refractivity contribution in [3.05, 3.63) is 58.6 Å². The number of hydrogen-bond acceptors (Lipinski definition) is 5. The number of nitriles is 1. The SMILES string of the molecule is C/C=C/C1=CC2=C/C(=C(/C#N)C(=O)CCCCC)[C@](C)(O)C(=O)C2=CO1. The van der Waals surface area contributed by atoms with Gasteiger partial charge >= 0.3 is 0 Å². The van der Waals surface area contributed by atoms with Crippen LogP contribution in [0.15, 0.2) is 58.6 Å². The van der Waals surface area contributed by atoms with Crippen LogP contribution in [0.25, 0.3) is 0 Å². The van der Waals surface area contributed by atoms with Crippen molar-refractivity contribution >= 4 is 11.6 Å². The number of ether oxygens (including phenoxy) is 1. The average molecular weight is 353 g/mol. The molecule has 0 aromatic rings. The number of unbranched alkanes of at least 4 members (excludes halogenated alkanes) is 2. The van der Waals surface area contributed by atoms with E-state index >= 15 is 0 Å². The molecule has 0 bridgehead atoms. The van der Waals surface area contributed by atoms with Gasteiger partial charge in [0.25, 0.3) is 0 Å². The molecule has 0 aromatic carbocycles. The summed E-state index contributed by atoms with van der Waals surface area (Å²) >= 11 is 0. The first-order valence-electron chi connectivity index (χ1n) is 8.75. The number of carbonyl (C=O) groups excluding carboxylic acids is 2. The maximum absolute atomic E-state index is 12.7. The van der Waals surface area contributed by atoms with Gasteiger partial charge in [-0.1, -0.05) is 25.8 Å². The Balaban J connectivity index is 2.54. The summed E-state index contributed by atoms with van der Waals surface area (Å²) < 4.78 is 5.38. The molecule has 5 nitrogen and oxygen atoms in total. The molecule has 26 heavy (non-hydrogen) atoms. The maximum Gasteiger partial charge on any atom is 0.202 e. The first-order valence-corrected chi connectivity index (χ1v) is 8.75. The Morgan fingerprint density at radius 2 is 2.12 bits per heavy atom. The molecule has 136 valence electrons. The van der Waals surface area contributed by atoms with Crippen LogP contribution in [0.1, 0.15) is 46.5 Å². The highest BCUT2D eigenvalue weighted by Crippen LogP contribution is 2.37. The van der Waals surface area contributed by atoms with Gasteiger partial charge in [-0.05, 0) is 44.1 Å². The lowest BCUT2D eigenvalue weighted by atomic mass is 9.75. The normalized spacial score (nSPS) is 24.1. The minimum atomic E-state index is -1.95. The first-order chi connectivity index (χ1) is 12.4. The molecule has 0 saturated carbocycles. The molecule has 1 heterocycles. The zero-order chi connectivity index (χ0) is 19.3. The molecule has 0 radical (unpaired) electrons. The van der Waals surface area contributed by atoms with E-state index in [1.165, 1.54) is 19.3 Å². The second-order valence-corrected chi connectivity index (χ2v) is 6.48. The number of allylic oxidation sites excluding steroid dienone is 5. The summed E-state index contributed by atoms with van der Waals surface area (Å²) in [5.74, 6) is -0.406. The van der Waals surface area contributed by atoms with Crippen molar-refractivity contribution in [3.8, 4) is 6.07 Å². The van der Waals surface area contributed by atoms with E-state index in [1.54, 1.807) is 18.2 Å². The summed E-state index contributed by atoms with van der Waals surface area (Å²) in [5, 5.41) is 20.3. The number of Topliss-reactive ketones (excluding diaryl/α,β-unsaturated/α-hetero) is 2. The van der Waals surface area contributed by atoms with Crippen molar-refractivity contribution in [1.29, 1.82) is 5.26 Å². The summed E-state index contributed by atoms with van der Waals surface area (Å²) in [6, 6.07) is 1.89. The highest BCUT2D eigenvalue weighted by atomic mass is 16.5. The topological polar surface area (TPSA) is 87.4 Å². The third kappa shape index (κ3) is 3.76. The van der Waals surface area contributed by atoms with Gasteiger partial charge in [-0.3, -0.25) is 9.59 Å². The van der Waals surface area contributed by atoms with Crippen LogP contribution >= 0.6 is 0 Å². The van der Waals surface area contributed by atoms with Crippen LogP contribution < -0.4 is 0 Å². The summed E-state index contributed by atoms with van der Waals surface area (Å²) in [4.78, 5) is 25.2. The molecule has 2 aliphatic rings. The second kappa shape index (κ2) is 8.11. The molecule has 1 N–H and O–H groups in total. The summed E-state index contributed by atoms with van der Waals surface area (Å²) in [6.07, 6.45) is 10.7. The first kappa shape index (κ1) is 19.6. The van der Waals surface area contributed by atoms with Crippen LogP contribution in [0.4, 0.5) is 0 Å². The molecule has 1 aliphatic heterocycles. The number of fused-ring (bicyclic) bond motifs is 1. The standard InChI is InChI=1S/C21H23NO4/c1-4-6-7-9-19(23)16(12-22)18-11-14-10-15(8-5-2)26-13-17(14)20(24)21(18,3)25/h5,8,10-11,13,25H,4,6-7,9H2,1-3H3/b8-5+,18-16+/t21-/m0/s1. The van der Waals surface area contributed by atoms with Gasteiger partial charge in [0.2, 0.25) is 5.78 Å². The van der Waals surface area contributed by atoms with Gasteiger partial charge in [0.05, 0.1) is 5.57 Å². The van der Waals surface area contributed by atoms with Crippen molar-refractivity contribution in [1.82, 2.24) is 0 Å². The van der Waals surface area contributed by atoms with Crippen LogP contribution in [0.2, 0.25) is 0 Å². The van der Waals surface area contributed by atoms with E-state index in [1.807, 2.05) is 19.9 Å². The van der Waals surface area contributed by atoms with E-state index < -0.39 is 11.4 Å². The van der Waals surface area contributed by atoms with Crippen molar-refractivity contribution in [2.45, 2.75) is 52.1 Å². The summed E-state index contributed by atoms with van der Waals surface area (Å²) in [5.41, 5.74) is -1.31. The van der Waals surface area contributed by atoms with Crippen LogP contribution in [-0.4, -0.2) is 22.3 Å². The molecule has 0 fully saturated rings. The van der Waals surface area contributed by atoms with Crippen LogP contribution in [-0.2, 0) is 14.3 Å². The predicted octanol–water partition coefficient (Wildman–Crippen LogP) is 3.59. The van der Waals surface area contributed by atoms with Gasteiger partial charge in [0, 0.05) is 12.0 Å². The van der Waals surface area contributed by atoms with E-state index in [2.05, 4.69) is 0 Å². The van der Waals surface area contributed by atoms with Gasteiger partial charge in [-0.15, -0.1) is 0 Å². The Bertz CT molecular complexity index is 813. The Morgan fingerprint density at radius 3 is 2.73 bits per heavy atom. The molecule has 5 heteroatoms. The molecule has 0 amide bonds. The molecule has 0 unspecified atom stereocenters. The van der Waals surface area contributed by atoms with E-state index in [0.29, 0.717) is 17.8 Å². The number of carbonyl (C=O) groups is 2. The van der Waals surface area contributed by atoms with Crippen molar-refractivity contribution < 1.29 is 19.4 Å². The molecule has 0 saturated heterocycles. The van der Waals surface area contributed by atoms with Crippen molar-refractivity contribution in [3.63, 3.8) is 0 Å². The zero-order valence-corrected chi connectivity index (χ0v) is 15.3. The molecule has 1 atom stereocenters. The van der Waals surface area contributed by atoms with Crippen LogP contribution in [0.3, 0.4) is 0 Å². The monoisotopic (exact) mass is 353 g/mol. The van der Waals surface area contributed by atoms with E-state index in [0.717, 1.165) is 12.8 Å². The quantitative estimate of drug-likeness (QED) is 0.448. The number of nitrogens with zero attached hydrogens (tertiary/aromatic N) is 1. The van der Waals surface area contributed by atoms with E-state index in [9.17, 15) is 20.0 Å². The summed E-state index contributed by atoms with van der Waals surface area (Å²) in [6.45, 7) is 5.17. The molecule has 0 aromatic heterocycles. The average Bonchev–Trinajstić information content (AvgIpc) is 2.60. The third-order valence-electron chi connectivity index (χ3n) is 4.43. The number of aliphatic hydroxyl groups is 1. The lowest BCUT2D eigenvalue weighted by Gasteiger charge is -2.31. The Labute approximate surface area is 153 Å². The largest absolute Gasteiger partial charge is 0.464 e. The minimum Gasteiger partial charge on any atom is -0.464 e. The maximum atomic E-state index is 12.7. The fourth-order valence-electron chi connectivity index (χ4n) is 2.95. The predicted molar refractivity (Wildman–Crippen MR) is 97.6 cm³/mol. The van der Waals surface area contributed by atoms with Gasteiger partial charge in [-0.2, -0.15) is 5.26 Å².